The molecule has 0 unspecified atom stereocenters. The van der Waals surface area contributed by atoms with Gasteiger partial charge in [-0.2, -0.15) is 0 Å². The molecule has 0 aliphatic carbocycles. The predicted molar refractivity (Wildman–Crippen MR) is 71.3 cm³/mol. The highest BCUT2D eigenvalue weighted by Gasteiger charge is 2.12. The van der Waals surface area contributed by atoms with E-state index in [1.807, 2.05) is 0 Å². The van der Waals surface area contributed by atoms with Crippen LogP contribution in [0.2, 0.25) is 0 Å². The van der Waals surface area contributed by atoms with Gasteiger partial charge in [0.2, 0.25) is 0 Å². The SMILES string of the molecule is CCCC(CCC)Nc1cc(Br)c(F)cc1F. The fraction of sp³-hybridized carbons (Fsp3) is 0.538. The van der Waals surface area contributed by atoms with Gasteiger partial charge in [0, 0.05) is 12.1 Å². The number of hydrogen-bond acceptors (Lipinski definition) is 1. The monoisotopic (exact) mass is 305 g/mol. The van der Waals surface area contributed by atoms with Gasteiger partial charge >= 0.3 is 0 Å². The minimum Gasteiger partial charge on any atom is -0.380 e. The molecule has 0 bridgehead atoms. The second-order valence-corrected chi connectivity index (χ2v) is 5.02. The third-order valence-electron chi connectivity index (χ3n) is 2.64. The van der Waals surface area contributed by atoms with Gasteiger partial charge in [-0.3, -0.25) is 0 Å². The molecule has 0 aromatic heterocycles. The summed E-state index contributed by atoms with van der Waals surface area (Å²) in [6.07, 6.45) is 4.06. The highest BCUT2D eigenvalue weighted by molar-refractivity contribution is 9.10. The second kappa shape index (κ2) is 6.94. The van der Waals surface area contributed by atoms with E-state index in [2.05, 4.69) is 35.1 Å². The normalized spacial score (nSPS) is 10.9. The zero-order chi connectivity index (χ0) is 12.8. The summed E-state index contributed by atoms with van der Waals surface area (Å²) >= 11 is 3.07. The topological polar surface area (TPSA) is 12.0 Å². The van der Waals surface area contributed by atoms with Crippen LogP contribution >= 0.6 is 15.9 Å². The molecular weight excluding hydrogens is 288 g/mol. The first-order valence-electron chi connectivity index (χ1n) is 5.99. The van der Waals surface area contributed by atoms with Crippen molar-refractivity contribution < 1.29 is 8.78 Å². The zero-order valence-corrected chi connectivity index (χ0v) is 11.8. The lowest BCUT2D eigenvalue weighted by Crippen LogP contribution is -2.19. The quantitative estimate of drug-likeness (QED) is 0.720. The van der Waals surface area contributed by atoms with Crippen LogP contribution in [0, 0.1) is 11.6 Å². The lowest BCUT2D eigenvalue weighted by atomic mass is 10.1. The Balaban J connectivity index is 2.81. The van der Waals surface area contributed by atoms with Gasteiger partial charge in [0.05, 0.1) is 10.2 Å². The fourth-order valence-electron chi connectivity index (χ4n) is 1.84. The molecule has 0 amide bonds. The van der Waals surface area contributed by atoms with E-state index in [-0.39, 0.29) is 10.5 Å². The number of rotatable bonds is 6. The van der Waals surface area contributed by atoms with Crippen LogP contribution in [-0.4, -0.2) is 6.04 Å². The minimum absolute atomic E-state index is 0.247. The molecule has 1 N–H and O–H groups in total. The Kier molecular flexibility index (Phi) is 5.89. The number of benzene rings is 1. The van der Waals surface area contributed by atoms with Crippen molar-refractivity contribution in [3.63, 3.8) is 0 Å². The molecule has 0 spiro atoms. The molecule has 0 fully saturated rings. The van der Waals surface area contributed by atoms with Gasteiger partial charge in [0.1, 0.15) is 11.6 Å². The largest absolute Gasteiger partial charge is 0.380 e. The Morgan fingerprint density at radius 1 is 1.12 bits per heavy atom. The van der Waals surface area contributed by atoms with Crippen molar-refractivity contribution in [2.24, 2.45) is 0 Å². The van der Waals surface area contributed by atoms with Crippen molar-refractivity contribution in [3.05, 3.63) is 28.2 Å². The fourth-order valence-corrected chi connectivity index (χ4v) is 2.18. The van der Waals surface area contributed by atoms with Crippen LogP contribution in [0.5, 0.6) is 0 Å². The van der Waals surface area contributed by atoms with E-state index in [0.717, 1.165) is 31.7 Å². The molecule has 1 aromatic rings. The summed E-state index contributed by atoms with van der Waals surface area (Å²) in [7, 11) is 0. The van der Waals surface area contributed by atoms with Crippen molar-refractivity contribution in [1.82, 2.24) is 0 Å². The molecule has 0 saturated heterocycles. The third kappa shape index (κ3) is 4.26. The average molecular weight is 306 g/mol. The Morgan fingerprint density at radius 3 is 2.24 bits per heavy atom. The molecule has 0 atom stereocenters. The Hall–Kier alpha value is -0.640. The summed E-state index contributed by atoms with van der Waals surface area (Å²) in [4.78, 5) is 0. The number of hydrogen-bond donors (Lipinski definition) is 1. The maximum absolute atomic E-state index is 13.5. The second-order valence-electron chi connectivity index (χ2n) is 4.16. The maximum Gasteiger partial charge on any atom is 0.149 e. The van der Waals surface area contributed by atoms with Gasteiger partial charge in [-0.15, -0.1) is 0 Å². The lowest BCUT2D eigenvalue weighted by Gasteiger charge is -2.19. The van der Waals surface area contributed by atoms with Crippen molar-refractivity contribution in [1.29, 1.82) is 0 Å². The van der Waals surface area contributed by atoms with Crippen LogP contribution < -0.4 is 5.32 Å². The molecule has 96 valence electrons. The molecule has 0 radical (unpaired) electrons. The van der Waals surface area contributed by atoms with Crippen molar-refractivity contribution in [2.45, 2.75) is 45.6 Å². The Labute approximate surface area is 110 Å². The van der Waals surface area contributed by atoms with Gasteiger partial charge in [-0.1, -0.05) is 26.7 Å². The predicted octanol–water partition coefficient (Wildman–Crippen LogP) is 5.11. The zero-order valence-electron chi connectivity index (χ0n) is 10.2. The summed E-state index contributed by atoms with van der Waals surface area (Å²) in [5, 5.41) is 3.15. The van der Waals surface area contributed by atoms with Gasteiger partial charge < -0.3 is 5.32 Å². The third-order valence-corrected chi connectivity index (χ3v) is 3.25. The molecule has 4 heteroatoms. The van der Waals surface area contributed by atoms with Crippen LogP contribution in [-0.2, 0) is 0 Å². The Morgan fingerprint density at radius 2 is 1.71 bits per heavy atom. The molecule has 0 saturated carbocycles. The van der Waals surface area contributed by atoms with Gasteiger partial charge in [-0.25, -0.2) is 8.78 Å². The Bertz CT molecular complexity index is 363. The maximum atomic E-state index is 13.5. The molecule has 1 nitrogen and oxygen atoms in total. The standard InChI is InChI=1S/C13H18BrF2N/c1-3-5-9(6-4-2)17-13-7-10(14)11(15)8-12(13)16/h7-9,17H,3-6H2,1-2H3. The van der Waals surface area contributed by atoms with E-state index < -0.39 is 11.6 Å². The van der Waals surface area contributed by atoms with Gasteiger partial charge in [0.25, 0.3) is 0 Å². The van der Waals surface area contributed by atoms with Gasteiger partial charge in [0.15, 0.2) is 0 Å². The lowest BCUT2D eigenvalue weighted by molar-refractivity contribution is 0.562. The first-order chi connectivity index (χ1) is 8.08. The highest BCUT2D eigenvalue weighted by Crippen LogP contribution is 2.25. The van der Waals surface area contributed by atoms with E-state index >= 15 is 0 Å². The van der Waals surface area contributed by atoms with Crippen LogP contribution in [0.4, 0.5) is 14.5 Å². The summed E-state index contributed by atoms with van der Waals surface area (Å²) in [6.45, 7) is 4.20. The summed E-state index contributed by atoms with van der Waals surface area (Å²) in [6, 6.07) is 2.61. The van der Waals surface area contributed by atoms with Crippen molar-refractivity contribution in [2.75, 3.05) is 5.32 Å². The molecule has 1 aromatic carbocycles. The number of nitrogens with one attached hydrogen (secondary N) is 1. The molecule has 17 heavy (non-hydrogen) atoms. The summed E-state index contributed by atoms with van der Waals surface area (Å²) < 4.78 is 26.9. The van der Waals surface area contributed by atoms with Crippen molar-refractivity contribution >= 4 is 21.6 Å². The molecule has 0 aliphatic heterocycles. The van der Waals surface area contributed by atoms with E-state index in [4.69, 9.17) is 0 Å². The van der Waals surface area contributed by atoms with E-state index in [1.54, 1.807) is 0 Å². The first-order valence-corrected chi connectivity index (χ1v) is 6.78. The van der Waals surface area contributed by atoms with Crippen LogP contribution in [0.3, 0.4) is 0 Å². The molecule has 0 aliphatic rings. The summed E-state index contributed by atoms with van der Waals surface area (Å²) in [5.74, 6) is -1.11. The number of anilines is 1. The molecule has 1 rings (SSSR count). The number of halogens is 3. The van der Waals surface area contributed by atoms with E-state index in [0.29, 0.717) is 5.69 Å². The van der Waals surface area contributed by atoms with E-state index in [9.17, 15) is 8.78 Å². The van der Waals surface area contributed by atoms with E-state index in [1.165, 1.54) is 6.07 Å². The van der Waals surface area contributed by atoms with Crippen LogP contribution in [0.15, 0.2) is 16.6 Å². The average Bonchev–Trinajstić information content (AvgIpc) is 2.26. The van der Waals surface area contributed by atoms with Crippen LogP contribution in [0.1, 0.15) is 39.5 Å². The first kappa shape index (κ1) is 14.4. The molecular formula is C13H18BrF2N. The smallest absolute Gasteiger partial charge is 0.149 e. The highest BCUT2D eigenvalue weighted by atomic mass is 79.9. The minimum atomic E-state index is -0.574. The summed E-state index contributed by atoms with van der Waals surface area (Å²) in [5.41, 5.74) is 0.366. The van der Waals surface area contributed by atoms with Crippen molar-refractivity contribution in [3.8, 4) is 0 Å². The molecule has 0 heterocycles. The van der Waals surface area contributed by atoms with Gasteiger partial charge in [-0.05, 0) is 34.8 Å². The van der Waals surface area contributed by atoms with Crippen LogP contribution in [0.25, 0.3) is 0 Å².